The minimum Gasteiger partial charge on any atom is -0.378 e. The lowest BCUT2D eigenvalue weighted by Gasteiger charge is -2.28. The highest BCUT2D eigenvalue weighted by Gasteiger charge is 2.17. The fraction of sp³-hybridized carbons (Fsp3) is 0.400. The van der Waals surface area contributed by atoms with E-state index in [1.54, 1.807) is 6.07 Å². The Kier molecular flexibility index (Phi) is 2.21. The van der Waals surface area contributed by atoms with E-state index in [-0.39, 0.29) is 5.82 Å². The zero-order valence-corrected chi connectivity index (χ0v) is 8.52. The van der Waals surface area contributed by atoms with Crippen molar-refractivity contribution < 1.29 is 13.8 Å². The molecule has 0 aliphatic carbocycles. The van der Waals surface area contributed by atoms with Crippen LogP contribution in [0.1, 0.15) is 0 Å². The predicted octanol–water partition coefficient (Wildman–Crippen LogP) is 1.20. The lowest BCUT2D eigenvalue weighted by atomic mass is 10.2. The van der Waals surface area contributed by atoms with Gasteiger partial charge in [0.2, 0.25) is 0 Å². The van der Waals surface area contributed by atoms with Crippen molar-refractivity contribution in [2.45, 2.75) is 0 Å². The molecule has 5 nitrogen and oxygen atoms in total. The summed E-state index contributed by atoms with van der Waals surface area (Å²) in [5.41, 5.74) is 1.55. The molecule has 16 heavy (non-hydrogen) atoms. The second-order valence-corrected chi connectivity index (χ2v) is 3.66. The molecule has 2 aromatic rings. The average Bonchev–Trinajstić information content (AvgIpc) is 2.76. The van der Waals surface area contributed by atoms with Crippen LogP contribution >= 0.6 is 0 Å². The molecule has 0 saturated carbocycles. The predicted molar refractivity (Wildman–Crippen MR) is 54.8 cm³/mol. The smallest absolute Gasteiger partial charge is 0.148 e. The molecule has 0 bridgehead atoms. The molecule has 0 spiro atoms. The highest BCUT2D eigenvalue weighted by molar-refractivity contribution is 5.78. The minimum atomic E-state index is -0.301. The molecule has 1 aliphatic heterocycles. The van der Waals surface area contributed by atoms with Crippen LogP contribution in [-0.2, 0) is 4.74 Å². The fourth-order valence-corrected chi connectivity index (χ4v) is 1.84. The molecular formula is C10H10FN3O2. The molecule has 6 heteroatoms. The van der Waals surface area contributed by atoms with E-state index >= 15 is 0 Å². The zero-order chi connectivity index (χ0) is 11.0. The summed E-state index contributed by atoms with van der Waals surface area (Å²) in [6.07, 6.45) is 0. The van der Waals surface area contributed by atoms with Crippen LogP contribution in [-0.4, -0.2) is 36.6 Å². The van der Waals surface area contributed by atoms with Gasteiger partial charge in [0.05, 0.1) is 18.9 Å². The van der Waals surface area contributed by atoms with Crippen molar-refractivity contribution >= 4 is 16.7 Å². The van der Waals surface area contributed by atoms with Gasteiger partial charge in [-0.1, -0.05) is 0 Å². The first-order chi connectivity index (χ1) is 7.84. The van der Waals surface area contributed by atoms with Gasteiger partial charge in [-0.2, -0.15) is 0 Å². The number of morpholine rings is 1. The molecule has 0 N–H and O–H groups in total. The van der Waals surface area contributed by atoms with Crippen LogP contribution in [0.4, 0.5) is 10.1 Å². The number of halogens is 1. The second kappa shape index (κ2) is 3.71. The molecule has 0 radical (unpaired) electrons. The quantitative estimate of drug-likeness (QED) is 0.727. The molecule has 0 atom stereocenters. The van der Waals surface area contributed by atoms with Gasteiger partial charge in [-0.15, -0.1) is 0 Å². The van der Waals surface area contributed by atoms with Crippen LogP contribution in [0.2, 0.25) is 0 Å². The van der Waals surface area contributed by atoms with Crippen LogP contribution in [0.5, 0.6) is 0 Å². The van der Waals surface area contributed by atoms with Crippen LogP contribution in [0.25, 0.3) is 11.0 Å². The van der Waals surface area contributed by atoms with Gasteiger partial charge in [-0.25, -0.2) is 9.02 Å². The Morgan fingerprint density at radius 1 is 1.12 bits per heavy atom. The van der Waals surface area contributed by atoms with E-state index in [0.29, 0.717) is 43.0 Å². The first-order valence-corrected chi connectivity index (χ1v) is 5.09. The number of nitrogens with zero attached hydrogens (tertiary/aromatic N) is 3. The molecule has 2 heterocycles. The van der Waals surface area contributed by atoms with E-state index < -0.39 is 0 Å². The molecule has 1 fully saturated rings. The Bertz CT molecular complexity index is 508. The SMILES string of the molecule is Fc1cc2nonc2cc1N1CCOCC1. The van der Waals surface area contributed by atoms with Crippen molar-refractivity contribution in [3.05, 3.63) is 17.9 Å². The van der Waals surface area contributed by atoms with E-state index in [2.05, 4.69) is 14.9 Å². The summed E-state index contributed by atoms with van der Waals surface area (Å²) in [6, 6.07) is 3.00. The summed E-state index contributed by atoms with van der Waals surface area (Å²) in [5, 5.41) is 7.30. The Morgan fingerprint density at radius 2 is 1.81 bits per heavy atom. The first-order valence-electron chi connectivity index (χ1n) is 5.09. The van der Waals surface area contributed by atoms with Gasteiger partial charge in [0.25, 0.3) is 0 Å². The van der Waals surface area contributed by atoms with E-state index in [9.17, 15) is 4.39 Å². The van der Waals surface area contributed by atoms with Gasteiger partial charge < -0.3 is 9.64 Å². The van der Waals surface area contributed by atoms with E-state index in [1.165, 1.54) is 6.07 Å². The van der Waals surface area contributed by atoms with Crippen molar-refractivity contribution in [3.63, 3.8) is 0 Å². The Balaban J connectivity index is 2.03. The number of rotatable bonds is 1. The number of benzene rings is 1. The summed E-state index contributed by atoms with van der Waals surface area (Å²) < 4.78 is 23.6. The number of hydrogen-bond acceptors (Lipinski definition) is 5. The van der Waals surface area contributed by atoms with Crippen LogP contribution in [0, 0.1) is 5.82 Å². The third-order valence-corrected chi connectivity index (χ3v) is 2.67. The highest BCUT2D eigenvalue weighted by atomic mass is 19.1. The summed E-state index contributed by atoms with van der Waals surface area (Å²) in [7, 11) is 0. The number of anilines is 1. The molecule has 3 rings (SSSR count). The highest BCUT2D eigenvalue weighted by Crippen LogP contribution is 2.24. The normalized spacial score (nSPS) is 16.9. The van der Waals surface area contributed by atoms with Crippen LogP contribution in [0.15, 0.2) is 16.8 Å². The summed E-state index contributed by atoms with van der Waals surface area (Å²) in [4.78, 5) is 1.94. The van der Waals surface area contributed by atoms with E-state index in [1.807, 2.05) is 4.90 Å². The van der Waals surface area contributed by atoms with Gasteiger partial charge in [-0.05, 0) is 16.4 Å². The Labute approximate surface area is 90.7 Å². The zero-order valence-electron chi connectivity index (χ0n) is 8.52. The van der Waals surface area contributed by atoms with Crippen molar-refractivity contribution in [1.82, 2.24) is 10.3 Å². The molecule has 0 unspecified atom stereocenters. The molecule has 1 aromatic carbocycles. The maximum absolute atomic E-state index is 13.8. The Hall–Kier alpha value is -1.69. The number of fused-ring (bicyclic) bond motifs is 1. The van der Waals surface area contributed by atoms with Crippen molar-refractivity contribution in [3.8, 4) is 0 Å². The van der Waals surface area contributed by atoms with Gasteiger partial charge >= 0.3 is 0 Å². The average molecular weight is 223 g/mol. The Morgan fingerprint density at radius 3 is 2.56 bits per heavy atom. The van der Waals surface area contributed by atoms with Crippen LogP contribution < -0.4 is 4.90 Å². The van der Waals surface area contributed by atoms with Crippen LogP contribution in [0.3, 0.4) is 0 Å². The second-order valence-electron chi connectivity index (χ2n) is 3.66. The largest absolute Gasteiger partial charge is 0.378 e. The number of hydrogen-bond donors (Lipinski definition) is 0. The molecule has 0 amide bonds. The monoisotopic (exact) mass is 223 g/mol. The van der Waals surface area contributed by atoms with Gasteiger partial charge in [0, 0.05) is 19.2 Å². The van der Waals surface area contributed by atoms with Gasteiger partial charge in [0.15, 0.2) is 0 Å². The standard InChI is InChI=1S/C10H10FN3O2/c11-7-5-8-9(13-16-12-8)6-10(7)14-1-3-15-4-2-14/h5-6H,1-4H2. The molecule has 84 valence electrons. The molecular weight excluding hydrogens is 213 g/mol. The number of ether oxygens (including phenoxy) is 1. The van der Waals surface area contributed by atoms with Crippen molar-refractivity contribution in [2.75, 3.05) is 31.2 Å². The lowest BCUT2D eigenvalue weighted by molar-refractivity contribution is 0.122. The lowest BCUT2D eigenvalue weighted by Crippen LogP contribution is -2.36. The first kappa shape index (κ1) is 9.53. The summed E-state index contributed by atoms with van der Waals surface area (Å²) in [6.45, 7) is 2.62. The maximum Gasteiger partial charge on any atom is 0.148 e. The van der Waals surface area contributed by atoms with E-state index in [0.717, 1.165) is 0 Å². The molecule has 1 aliphatic rings. The van der Waals surface area contributed by atoms with Gasteiger partial charge in [0.1, 0.15) is 16.9 Å². The summed E-state index contributed by atoms with van der Waals surface area (Å²) >= 11 is 0. The molecule has 1 saturated heterocycles. The van der Waals surface area contributed by atoms with Crippen molar-refractivity contribution in [1.29, 1.82) is 0 Å². The van der Waals surface area contributed by atoms with Gasteiger partial charge in [-0.3, -0.25) is 0 Å². The van der Waals surface area contributed by atoms with E-state index in [4.69, 9.17) is 4.74 Å². The third-order valence-electron chi connectivity index (χ3n) is 2.67. The number of aromatic nitrogens is 2. The maximum atomic E-state index is 13.8. The minimum absolute atomic E-state index is 0.301. The summed E-state index contributed by atoms with van der Waals surface area (Å²) in [5.74, 6) is -0.301. The van der Waals surface area contributed by atoms with Crippen molar-refractivity contribution in [2.24, 2.45) is 0 Å². The topological polar surface area (TPSA) is 51.4 Å². The third kappa shape index (κ3) is 1.51. The molecule has 1 aromatic heterocycles. The fourth-order valence-electron chi connectivity index (χ4n) is 1.84.